The van der Waals surface area contributed by atoms with Gasteiger partial charge in [-0.05, 0) is 37.3 Å². The van der Waals surface area contributed by atoms with Gasteiger partial charge in [0, 0.05) is 5.56 Å². The van der Waals surface area contributed by atoms with Crippen molar-refractivity contribution in [1.82, 2.24) is 19.8 Å². The minimum absolute atomic E-state index is 0.377. The molecule has 4 aromatic rings. The van der Waals surface area contributed by atoms with Gasteiger partial charge < -0.3 is 14.2 Å². The second-order valence-corrected chi connectivity index (χ2v) is 6.93. The third kappa shape index (κ3) is 3.43. The molecule has 0 amide bonds. The fourth-order valence-electron chi connectivity index (χ4n) is 2.65. The van der Waals surface area contributed by atoms with Gasteiger partial charge in [0.1, 0.15) is 12.4 Å². The van der Waals surface area contributed by atoms with Crippen LogP contribution in [0.25, 0.3) is 16.3 Å². The highest BCUT2D eigenvalue weighted by Gasteiger charge is 2.15. The molecule has 0 aliphatic heterocycles. The lowest BCUT2D eigenvalue weighted by atomic mass is 10.2. The SMILES string of the molecule is COc1ccc(-c2nnc3sc(COc4ccc(C)cc4)nn23)cc1OC. The molecule has 0 saturated heterocycles. The molecule has 138 valence electrons. The molecule has 0 unspecified atom stereocenters. The maximum Gasteiger partial charge on any atom is 0.235 e. The van der Waals surface area contributed by atoms with Gasteiger partial charge in [-0.3, -0.25) is 0 Å². The smallest absolute Gasteiger partial charge is 0.235 e. The van der Waals surface area contributed by atoms with Crippen molar-refractivity contribution in [3.8, 4) is 28.6 Å². The molecule has 0 bridgehead atoms. The zero-order valence-electron chi connectivity index (χ0n) is 15.2. The van der Waals surface area contributed by atoms with Crippen molar-refractivity contribution in [2.45, 2.75) is 13.5 Å². The van der Waals surface area contributed by atoms with E-state index in [2.05, 4.69) is 15.3 Å². The third-order valence-electron chi connectivity index (χ3n) is 4.06. The number of nitrogens with zero attached hydrogens (tertiary/aromatic N) is 4. The molecule has 2 heterocycles. The lowest BCUT2D eigenvalue weighted by Gasteiger charge is -2.08. The molecule has 2 aromatic heterocycles. The second-order valence-electron chi connectivity index (χ2n) is 5.89. The van der Waals surface area contributed by atoms with Crippen molar-refractivity contribution in [3.05, 3.63) is 53.0 Å². The summed E-state index contributed by atoms with van der Waals surface area (Å²) in [6.07, 6.45) is 0. The topological polar surface area (TPSA) is 70.8 Å². The first-order valence-electron chi connectivity index (χ1n) is 8.31. The molecule has 27 heavy (non-hydrogen) atoms. The Labute approximate surface area is 160 Å². The van der Waals surface area contributed by atoms with Gasteiger partial charge in [-0.2, -0.15) is 9.61 Å². The van der Waals surface area contributed by atoms with E-state index in [0.29, 0.717) is 28.9 Å². The molecular formula is C19H18N4O3S. The molecule has 0 fully saturated rings. The van der Waals surface area contributed by atoms with Crippen LogP contribution in [0.3, 0.4) is 0 Å². The van der Waals surface area contributed by atoms with E-state index in [0.717, 1.165) is 16.3 Å². The summed E-state index contributed by atoms with van der Waals surface area (Å²) in [6, 6.07) is 13.5. The van der Waals surface area contributed by atoms with E-state index in [-0.39, 0.29) is 0 Å². The number of aromatic nitrogens is 4. The highest BCUT2D eigenvalue weighted by Crippen LogP contribution is 2.32. The minimum atomic E-state index is 0.377. The number of methoxy groups -OCH3 is 2. The number of hydrogen-bond donors (Lipinski definition) is 0. The summed E-state index contributed by atoms with van der Waals surface area (Å²) in [4.78, 5) is 0.710. The van der Waals surface area contributed by atoms with Gasteiger partial charge in [0.25, 0.3) is 0 Å². The Hall–Kier alpha value is -3.13. The molecule has 0 saturated carbocycles. The Kier molecular flexibility index (Phi) is 4.64. The molecule has 0 aliphatic rings. The summed E-state index contributed by atoms with van der Waals surface area (Å²) in [6.45, 7) is 2.42. The molecule has 0 radical (unpaired) electrons. The largest absolute Gasteiger partial charge is 0.493 e. The van der Waals surface area contributed by atoms with Crippen LogP contribution in [-0.4, -0.2) is 34.0 Å². The summed E-state index contributed by atoms with van der Waals surface area (Å²) in [7, 11) is 3.21. The summed E-state index contributed by atoms with van der Waals surface area (Å²) >= 11 is 1.45. The summed E-state index contributed by atoms with van der Waals surface area (Å²) in [5.74, 6) is 2.74. The van der Waals surface area contributed by atoms with Crippen LogP contribution in [0.5, 0.6) is 17.2 Å². The molecule has 8 heteroatoms. The van der Waals surface area contributed by atoms with Gasteiger partial charge in [0.05, 0.1) is 14.2 Å². The van der Waals surface area contributed by atoms with Gasteiger partial charge in [0.15, 0.2) is 22.3 Å². The highest BCUT2D eigenvalue weighted by molar-refractivity contribution is 7.16. The maximum atomic E-state index is 5.81. The number of fused-ring (bicyclic) bond motifs is 1. The van der Waals surface area contributed by atoms with Crippen LogP contribution in [0.2, 0.25) is 0 Å². The molecule has 0 spiro atoms. The van der Waals surface area contributed by atoms with Gasteiger partial charge in [-0.1, -0.05) is 29.0 Å². The Balaban J connectivity index is 1.59. The summed E-state index contributed by atoms with van der Waals surface area (Å²) in [5.41, 5.74) is 2.04. The van der Waals surface area contributed by atoms with E-state index in [1.807, 2.05) is 49.4 Å². The average Bonchev–Trinajstić information content (AvgIpc) is 3.27. The molecule has 4 rings (SSSR count). The standard InChI is InChI=1S/C19H18N4O3S/c1-12-4-7-14(8-5-12)26-11-17-22-23-18(20-21-19(23)27-17)13-6-9-15(24-2)16(10-13)25-3/h4-10H,11H2,1-3H3. The van der Waals surface area contributed by atoms with E-state index in [1.54, 1.807) is 18.7 Å². The molecule has 0 atom stereocenters. The number of ether oxygens (including phenoxy) is 3. The van der Waals surface area contributed by atoms with Crippen LogP contribution in [0.4, 0.5) is 0 Å². The summed E-state index contributed by atoms with van der Waals surface area (Å²) in [5, 5.41) is 13.9. The fourth-order valence-corrected chi connectivity index (χ4v) is 3.40. The van der Waals surface area contributed by atoms with E-state index >= 15 is 0 Å². The third-order valence-corrected chi connectivity index (χ3v) is 4.93. The number of rotatable bonds is 6. The molecule has 7 nitrogen and oxygen atoms in total. The summed E-state index contributed by atoms with van der Waals surface area (Å²) < 4.78 is 18.2. The Morgan fingerprint density at radius 2 is 1.74 bits per heavy atom. The van der Waals surface area contributed by atoms with Crippen LogP contribution >= 0.6 is 11.3 Å². The van der Waals surface area contributed by atoms with Crippen molar-refractivity contribution in [2.24, 2.45) is 0 Å². The van der Waals surface area contributed by atoms with E-state index in [1.165, 1.54) is 16.9 Å². The van der Waals surface area contributed by atoms with E-state index in [9.17, 15) is 0 Å². The monoisotopic (exact) mass is 382 g/mol. The van der Waals surface area contributed by atoms with Crippen molar-refractivity contribution >= 4 is 16.3 Å². The van der Waals surface area contributed by atoms with Crippen molar-refractivity contribution in [3.63, 3.8) is 0 Å². The fraction of sp³-hybridized carbons (Fsp3) is 0.211. The van der Waals surface area contributed by atoms with Crippen molar-refractivity contribution in [2.75, 3.05) is 14.2 Å². The van der Waals surface area contributed by atoms with Gasteiger partial charge >= 0.3 is 0 Å². The quantitative estimate of drug-likeness (QED) is 0.506. The first kappa shape index (κ1) is 17.3. The maximum absolute atomic E-state index is 5.81. The predicted molar refractivity (Wildman–Crippen MR) is 103 cm³/mol. The molecular weight excluding hydrogens is 364 g/mol. The van der Waals surface area contributed by atoms with Crippen LogP contribution in [-0.2, 0) is 6.61 Å². The first-order chi connectivity index (χ1) is 13.2. The highest BCUT2D eigenvalue weighted by atomic mass is 32.1. The van der Waals surface area contributed by atoms with Gasteiger partial charge in [-0.25, -0.2) is 0 Å². The predicted octanol–water partition coefficient (Wildman–Crippen LogP) is 3.76. The first-order valence-corrected chi connectivity index (χ1v) is 9.12. The lowest BCUT2D eigenvalue weighted by Crippen LogP contribution is -1.98. The number of benzene rings is 2. The van der Waals surface area contributed by atoms with Crippen LogP contribution < -0.4 is 14.2 Å². The average molecular weight is 382 g/mol. The molecule has 0 aliphatic carbocycles. The lowest BCUT2D eigenvalue weighted by molar-refractivity contribution is 0.304. The molecule has 2 aromatic carbocycles. The zero-order chi connectivity index (χ0) is 18.8. The zero-order valence-corrected chi connectivity index (χ0v) is 16.0. The Bertz CT molecular complexity index is 1070. The van der Waals surface area contributed by atoms with Crippen molar-refractivity contribution < 1.29 is 14.2 Å². The van der Waals surface area contributed by atoms with Crippen LogP contribution in [0.15, 0.2) is 42.5 Å². The second kappa shape index (κ2) is 7.24. The molecule has 0 N–H and O–H groups in total. The van der Waals surface area contributed by atoms with E-state index < -0.39 is 0 Å². The van der Waals surface area contributed by atoms with Gasteiger partial charge in [-0.15, -0.1) is 10.2 Å². The van der Waals surface area contributed by atoms with E-state index in [4.69, 9.17) is 14.2 Å². The van der Waals surface area contributed by atoms with Gasteiger partial charge in [0.2, 0.25) is 4.96 Å². The Morgan fingerprint density at radius 1 is 0.963 bits per heavy atom. The van der Waals surface area contributed by atoms with Crippen LogP contribution in [0.1, 0.15) is 10.6 Å². The van der Waals surface area contributed by atoms with Crippen molar-refractivity contribution in [1.29, 1.82) is 0 Å². The normalized spacial score (nSPS) is 10.9. The van der Waals surface area contributed by atoms with Crippen LogP contribution in [0, 0.1) is 6.92 Å². The number of hydrogen-bond acceptors (Lipinski definition) is 7. The Morgan fingerprint density at radius 3 is 2.48 bits per heavy atom. The number of aryl methyl sites for hydroxylation is 1. The minimum Gasteiger partial charge on any atom is -0.493 e.